The molecular weight excluding hydrogens is 599 g/mol. The number of carbonyl (C=O) groups is 2. The van der Waals surface area contributed by atoms with Crippen LogP contribution in [0.25, 0.3) is 11.1 Å². The van der Waals surface area contributed by atoms with Crippen LogP contribution in [0.4, 0.5) is 27.6 Å². The fourth-order valence-electron chi connectivity index (χ4n) is 5.63. The van der Waals surface area contributed by atoms with Crippen molar-refractivity contribution < 1.29 is 49.8 Å². The molecule has 0 radical (unpaired) electrons. The van der Waals surface area contributed by atoms with Crippen molar-refractivity contribution in [1.82, 2.24) is 5.32 Å². The zero-order valence-electron chi connectivity index (χ0n) is 22.5. The number of carbonyl (C=O) groups excluding carboxylic acids is 1. The number of carboxylic acids is 1. The molecule has 1 heterocycles. The average Bonchev–Trinajstić information content (AvgIpc) is 2.91. The fraction of sp³-hybridized carbons (Fsp3) is 0.310. The van der Waals surface area contributed by atoms with Gasteiger partial charge < -0.3 is 15.2 Å². The molecule has 1 fully saturated rings. The third-order valence-corrected chi connectivity index (χ3v) is 9.41. The first-order valence-corrected chi connectivity index (χ1v) is 14.5. The molecule has 1 aliphatic heterocycles. The highest BCUT2D eigenvalue weighted by Crippen LogP contribution is 2.48. The van der Waals surface area contributed by atoms with Crippen LogP contribution in [-0.2, 0) is 25.8 Å². The number of aliphatic carboxylic acids is 1. The van der Waals surface area contributed by atoms with E-state index in [-0.39, 0.29) is 47.7 Å². The van der Waals surface area contributed by atoms with E-state index in [1.807, 2.05) is 0 Å². The summed E-state index contributed by atoms with van der Waals surface area (Å²) in [6.07, 6.45) is -5.94. The van der Waals surface area contributed by atoms with Gasteiger partial charge in [0.25, 0.3) is 10.0 Å². The topological polar surface area (TPSA) is 113 Å². The number of carboxylic acid groups (broad SMARTS) is 1. The minimum atomic E-state index is -4.83. The Balaban J connectivity index is 1.57. The molecule has 0 aromatic heterocycles. The number of sulfonamides is 1. The van der Waals surface area contributed by atoms with Crippen LogP contribution in [0.5, 0.6) is 5.75 Å². The van der Waals surface area contributed by atoms with Crippen LogP contribution < -0.4 is 14.4 Å². The van der Waals surface area contributed by atoms with Crippen LogP contribution in [0.2, 0.25) is 0 Å². The molecule has 1 saturated carbocycles. The average molecular weight is 625 g/mol. The van der Waals surface area contributed by atoms with Gasteiger partial charge in [-0.25, -0.2) is 17.2 Å². The van der Waals surface area contributed by atoms with Crippen molar-refractivity contribution in [2.75, 3.05) is 10.8 Å². The van der Waals surface area contributed by atoms with Gasteiger partial charge in [0.05, 0.1) is 28.1 Å². The molecule has 43 heavy (non-hydrogen) atoms. The summed E-state index contributed by atoms with van der Waals surface area (Å²) >= 11 is 0. The molecule has 1 atom stereocenters. The largest absolute Gasteiger partial charge is 0.486 e. The van der Waals surface area contributed by atoms with Crippen molar-refractivity contribution in [1.29, 1.82) is 0 Å². The maximum absolute atomic E-state index is 14.6. The van der Waals surface area contributed by atoms with Gasteiger partial charge in [0.1, 0.15) is 23.5 Å². The predicted octanol–water partition coefficient (Wildman–Crippen LogP) is 5.37. The molecule has 2 N–H and O–H groups in total. The Morgan fingerprint density at radius 3 is 2.44 bits per heavy atom. The number of hydrogen-bond acceptors (Lipinski definition) is 5. The fourth-order valence-corrected chi connectivity index (χ4v) is 7.17. The third kappa shape index (κ3) is 5.88. The number of anilines is 1. The number of hydrogen-bond donors (Lipinski definition) is 2. The highest BCUT2D eigenvalue weighted by atomic mass is 32.2. The smallest absolute Gasteiger partial charge is 0.416 e. The maximum Gasteiger partial charge on any atom is 0.416 e. The molecule has 1 aliphatic carbocycles. The zero-order chi connectivity index (χ0) is 31.3. The second-order valence-corrected chi connectivity index (χ2v) is 12.6. The molecule has 8 nitrogen and oxygen atoms in total. The Hall–Kier alpha value is -4.20. The molecular formula is C29H25F5N2O6S. The number of halogens is 5. The Morgan fingerprint density at radius 1 is 1.07 bits per heavy atom. The van der Waals surface area contributed by atoms with Gasteiger partial charge in [0.2, 0.25) is 5.91 Å². The number of amides is 1. The van der Waals surface area contributed by atoms with Crippen molar-refractivity contribution in [3.63, 3.8) is 0 Å². The van der Waals surface area contributed by atoms with E-state index < -0.39 is 68.4 Å². The lowest BCUT2D eigenvalue weighted by atomic mass is 9.62. The van der Waals surface area contributed by atoms with Gasteiger partial charge in [-0.3, -0.25) is 13.9 Å². The molecule has 5 rings (SSSR count). The minimum absolute atomic E-state index is 0.0503. The van der Waals surface area contributed by atoms with E-state index in [2.05, 4.69) is 5.32 Å². The zero-order valence-corrected chi connectivity index (χ0v) is 23.3. The Kier molecular flexibility index (Phi) is 7.61. The Morgan fingerprint density at radius 2 is 1.79 bits per heavy atom. The lowest BCUT2D eigenvalue weighted by molar-refractivity contribution is -0.159. The molecule has 0 unspecified atom stereocenters. The van der Waals surface area contributed by atoms with Gasteiger partial charge in [-0.1, -0.05) is 12.1 Å². The molecule has 0 spiro atoms. The normalized spacial score (nSPS) is 21.8. The lowest BCUT2D eigenvalue weighted by Crippen LogP contribution is -2.57. The first-order valence-electron chi connectivity index (χ1n) is 13.1. The van der Waals surface area contributed by atoms with E-state index >= 15 is 0 Å². The lowest BCUT2D eigenvalue weighted by Gasteiger charge is -2.47. The molecule has 2 aliphatic rings. The van der Waals surface area contributed by atoms with Gasteiger partial charge in [0.15, 0.2) is 0 Å². The molecule has 14 heteroatoms. The summed E-state index contributed by atoms with van der Waals surface area (Å²) in [6, 6.07) is 9.34. The first kappa shape index (κ1) is 30.3. The van der Waals surface area contributed by atoms with Gasteiger partial charge in [-0.2, -0.15) is 13.2 Å². The predicted molar refractivity (Wildman–Crippen MR) is 144 cm³/mol. The molecule has 3 aromatic rings. The third-order valence-electron chi connectivity index (χ3n) is 7.63. The van der Waals surface area contributed by atoms with Crippen LogP contribution >= 0.6 is 0 Å². The number of nitrogens with zero attached hydrogens (tertiary/aromatic N) is 1. The van der Waals surface area contributed by atoms with Crippen molar-refractivity contribution >= 4 is 27.6 Å². The summed E-state index contributed by atoms with van der Waals surface area (Å²) in [5.74, 6) is -3.12. The van der Waals surface area contributed by atoms with Gasteiger partial charge in [0, 0.05) is 24.9 Å². The van der Waals surface area contributed by atoms with E-state index in [0.717, 1.165) is 40.7 Å². The van der Waals surface area contributed by atoms with Crippen LogP contribution in [0, 0.1) is 17.0 Å². The highest BCUT2D eigenvalue weighted by Gasteiger charge is 2.53. The number of benzene rings is 3. The number of alkyl halides is 3. The van der Waals surface area contributed by atoms with E-state index in [9.17, 15) is 45.1 Å². The standard InChI is InChI=1S/C29H25F5N2O6S/c1-16(37)35-20-12-28(13-20,27(38)39)14-21-15-36(43(40,41)22-4-2-3-18(10-22)29(32,33)34)25-9-17(5-8-26(25)42-21)23-11-19(30)6-7-24(23)31/h2-11,20-21H,12-15H2,1H3,(H,35,37)(H,38,39)/t20?,21-,28?/m0/s1. The number of fused-ring (bicyclic) bond motifs is 1. The molecule has 0 bridgehead atoms. The molecule has 1 amide bonds. The minimum Gasteiger partial charge on any atom is -0.486 e. The van der Waals surface area contributed by atoms with Crippen molar-refractivity contribution in [2.45, 2.75) is 49.4 Å². The second-order valence-electron chi connectivity index (χ2n) is 10.7. The maximum atomic E-state index is 14.6. The monoisotopic (exact) mass is 624 g/mol. The van der Waals surface area contributed by atoms with Crippen molar-refractivity contribution in [3.05, 3.63) is 77.9 Å². The summed E-state index contributed by atoms with van der Waals surface area (Å²) in [5.41, 5.74) is -2.82. The Bertz CT molecular complexity index is 1710. The van der Waals surface area contributed by atoms with Gasteiger partial charge in [-0.05, 0) is 66.9 Å². The number of ether oxygens (including phenoxy) is 1. The van der Waals surface area contributed by atoms with E-state index in [4.69, 9.17) is 4.74 Å². The van der Waals surface area contributed by atoms with Gasteiger partial charge >= 0.3 is 12.1 Å². The van der Waals surface area contributed by atoms with Crippen molar-refractivity contribution in [2.24, 2.45) is 5.41 Å². The van der Waals surface area contributed by atoms with E-state index in [1.165, 1.54) is 25.1 Å². The van der Waals surface area contributed by atoms with E-state index in [0.29, 0.717) is 6.07 Å². The molecule has 3 aromatic carbocycles. The van der Waals surface area contributed by atoms with Crippen LogP contribution in [-0.4, -0.2) is 44.1 Å². The number of rotatable bonds is 7. The van der Waals surface area contributed by atoms with Crippen LogP contribution in [0.3, 0.4) is 0 Å². The summed E-state index contributed by atoms with van der Waals surface area (Å²) in [6.45, 7) is 0.808. The summed E-state index contributed by atoms with van der Waals surface area (Å²) in [5, 5.41) is 12.7. The van der Waals surface area contributed by atoms with Crippen molar-refractivity contribution in [3.8, 4) is 16.9 Å². The molecule has 228 valence electrons. The van der Waals surface area contributed by atoms with Crippen LogP contribution in [0.15, 0.2) is 65.6 Å². The van der Waals surface area contributed by atoms with Crippen LogP contribution in [0.1, 0.15) is 31.7 Å². The van der Waals surface area contributed by atoms with Gasteiger partial charge in [-0.15, -0.1) is 0 Å². The summed E-state index contributed by atoms with van der Waals surface area (Å²) in [4.78, 5) is 23.0. The SMILES string of the molecule is CC(=O)NC1CC(C[C@H]2CN(S(=O)(=O)c3cccc(C(F)(F)F)c3)c3cc(-c4cc(F)ccc4F)ccc3O2)(C(=O)O)C1. The van der Waals surface area contributed by atoms with E-state index in [1.54, 1.807) is 0 Å². The Labute approximate surface area is 243 Å². The number of nitrogens with one attached hydrogen (secondary N) is 1. The summed E-state index contributed by atoms with van der Waals surface area (Å²) in [7, 11) is -4.72. The second kappa shape index (κ2) is 10.8. The quantitative estimate of drug-likeness (QED) is 0.342. The highest BCUT2D eigenvalue weighted by molar-refractivity contribution is 7.92. The molecule has 0 saturated heterocycles. The summed E-state index contributed by atoms with van der Waals surface area (Å²) < 4.78 is 104. The first-order chi connectivity index (χ1) is 20.1.